The van der Waals surface area contributed by atoms with Gasteiger partial charge in [0.15, 0.2) is 6.92 Å². The van der Waals surface area contributed by atoms with Crippen molar-refractivity contribution in [1.82, 2.24) is 0 Å². The highest BCUT2D eigenvalue weighted by molar-refractivity contribution is 6.24. The summed E-state index contributed by atoms with van der Waals surface area (Å²) in [7, 11) is 0. The van der Waals surface area contributed by atoms with Crippen molar-refractivity contribution in [2.45, 2.75) is 45.0 Å². The molecule has 0 rings (SSSR count). The highest BCUT2D eigenvalue weighted by Gasteiger charge is 2.38. The molecule has 0 aromatic carbocycles. The third-order valence-corrected chi connectivity index (χ3v) is 2.31. The monoisotopic (exact) mass is 160 g/mol. The van der Waals surface area contributed by atoms with Crippen molar-refractivity contribution >= 4 is 17.8 Å². The topological polar surface area (TPSA) is 12.4 Å². The first-order valence-corrected chi connectivity index (χ1v) is 3.76. The number of nitrogens with zero attached hydrogens (tertiary/aromatic N) is 1. The van der Waals surface area contributed by atoms with E-state index in [0.717, 1.165) is 0 Å². The van der Waals surface area contributed by atoms with Gasteiger partial charge in [-0.15, -0.1) is 11.6 Å². The van der Waals surface area contributed by atoms with Gasteiger partial charge in [-0.25, -0.2) is 0 Å². The molecule has 0 aliphatic heterocycles. The highest BCUT2D eigenvalue weighted by Crippen LogP contribution is 2.30. The fraction of sp³-hybridized carbons (Fsp3) is 0.875. The van der Waals surface area contributed by atoms with E-state index in [1.807, 2.05) is 27.7 Å². The van der Waals surface area contributed by atoms with Crippen LogP contribution < -0.4 is 0 Å². The summed E-state index contributed by atoms with van der Waals surface area (Å²) in [6.45, 7) is 9.68. The van der Waals surface area contributed by atoms with Gasteiger partial charge in [0.25, 0.3) is 0 Å². The molecule has 0 N–H and O–H groups in total. The van der Waals surface area contributed by atoms with Crippen LogP contribution in [0, 0.1) is 0 Å². The molecule has 0 bridgehead atoms. The smallest absolute Gasteiger partial charge is 0.117 e. The fourth-order valence-electron chi connectivity index (χ4n) is 0.412. The van der Waals surface area contributed by atoms with Crippen LogP contribution in [0.2, 0.25) is 0 Å². The van der Waals surface area contributed by atoms with Gasteiger partial charge in [-0.2, -0.15) is 0 Å². The molecular weight excluding hydrogens is 146 g/mol. The Bertz CT molecular complexity index is 131. The maximum Gasteiger partial charge on any atom is 0.354 e. The molecule has 1 nitrogen and oxygen atoms in total. The van der Waals surface area contributed by atoms with E-state index in [1.54, 1.807) is 6.92 Å². The summed E-state index contributed by atoms with van der Waals surface area (Å²) in [4.78, 5) is 3.84. The van der Waals surface area contributed by atoms with E-state index in [4.69, 9.17) is 11.6 Å². The van der Waals surface area contributed by atoms with Crippen molar-refractivity contribution < 1.29 is 0 Å². The molecule has 0 aromatic rings. The first kappa shape index (κ1) is 9.87. The predicted octanol–water partition coefficient (Wildman–Crippen LogP) is 2.75. The van der Waals surface area contributed by atoms with Gasteiger partial charge in [0.1, 0.15) is 5.54 Å². The molecule has 2 heteroatoms. The first-order chi connectivity index (χ1) is 4.31. The van der Waals surface area contributed by atoms with Gasteiger partial charge in [-0.3, -0.25) is 0 Å². The van der Waals surface area contributed by atoms with Crippen molar-refractivity contribution in [2.75, 3.05) is 0 Å². The minimum atomic E-state index is -0.310. The number of halogens is 1. The third kappa shape index (κ3) is 2.24. The number of aliphatic imine (C=N–C) groups is 1. The van der Waals surface area contributed by atoms with Gasteiger partial charge in [0.05, 0.1) is 4.87 Å². The molecule has 0 aliphatic carbocycles. The molecule has 10 heavy (non-hydrogen) atoms. The molecule has 0 saturated heterocycles. The lowest BCUT2D eigenvalue weighted by atomic mass is 9.91. The Morgan fingerprint density at radius 2 is 1.60 bits per heavy atom. The van der Waals surface area contributed by atoms with Crippen LogP contribution in [-0.4, -0.2) is 16.6 Å². The van der Waals surface area contributed by atoms with Crippen molar-refractivity contribution in [3.8, 4) is 0 Å². The lowest BCUT2D eigenvalue weighted by molar-refractivity contribution is 0.408. The summed E-state index contributed by atoms with van der Waals surface area (Å²) in [5.41, 5.74) is -0.233. The summed E-state index contributed by atoms with van der Waals surface area (Å²) >= 11 is 6.07. The summed E-state index contributed by atoms with van der Waals surface area (Å²) in [5, 5.41) is 0. The van der Waals surface area contributed by atoms with Gasteiger partial charge in [-0.1, -0.05) is 0 Å². The molecule has 0 atom stereocenters. The summed E-state index contributed by atoms with van der Waals surface area (Å²) in [6, 6.07) is 0. The zero-order chi connectivity index (χ0) is 8.41. The molecule has 0 amide bonds. The van der Waals surface area contributed by atoms with Gasteiger partial charge >= 0.3 is 6.21 Å². The van der Waals surface area contributed by atoms with Crippen LogP contribution in [0.5, 0.6) is 0 Å². The Balaban J connectivity index is 4.40. The molecule has 0 saturated carbocycles. The number of hydrogen-bond acceptors (Lipinski definition) is 1. The van der Waals surface area contributed by atoms with E-state index in [2.05, 4.69) is 11.2 Å². The first-order valence-electron chi connectivity index (χ1n) is 3.39. The van der Waals surface area contributed by atoms with E-state index in [0.29, 0.717) is 0 Å². The van der Waals surface area contributed by atoms with Crippen LogP contribution in [0.3, 0.4) is 0 Å². The molecule has 0 spiro atoms. The van der Waals surface area contributed by atoms with Gasteiger partial charge in [0, 0.05) is 0 Å². The Kier molecular flexibility index (Phi) is 2.82. The Hall–Kier alpha value is -0.130. The lowest BCUT2D eigenvalue weighted by Gasteiger charge is -2.27. The van der Waals surface area contributed by atoms with E-state index in [9.17, 15) is 0 Å². The van der Waals surface area contributed by atoms with Crippen LogP contribution >= 0.6 is 11.6 Å². The van der Waals surface area contributed by atoms with E-state index >= 15 is 0 Å². The molecule has 0 heterocycles. The van der Waals surface area contributed by atoms with Crippen LogP contribution in [0.4, 0.5) is 0 Å². The summed E-state index contributed by atoms with van der Waals surface area (Å²) < 4.78 is 0. The predicted molar refractivity (Wildman–Crippen MR) is 47.1 cm³/mol. The second-order valence-electron chi connectivity index (χ2n) is 3.37. The van der Waals surface area contributed by atoms with E-state index in [-0.39, 0.29) is 10.4 Å². The number of rotatable bonds is 2. The Labute approximate surface area is 68.5 Å². The lowest BCUT2D eigenvalue weighted by Crippen LogP contribution is -2.38. The summed E-state index contributed by atoms with van der Waals surface area (Å²) in [6.07, 6.45) is 2.76. The van der Waals surface area contributed by atoms with Crippen LogP contribution in [0.15, 0.2) is 4.99 Å². The summed E-state index contributed by atoms with van der Waals surface area (Å²) in [5.74, 6) is 0. The average Bonchev–Trinajstić information content (AvgIpc) is 1.61. The second kappa shape index (κ2) is 2.86. The van der Waals surface area contributed by atoms with Crippen LogP contribution in [0.25, 0.3) is 0 Å². The molecule has 0 fully saturated rings. The van der Waals surface area contributed by atoms with Crippen LogP contribution in [0.1, 0.15) is 34.6 Å². The van der Waals surface area contributed by atoms with Gasteiger partial charge in [-0.05, 0) is 32.7 Å². The van der Waals surface area contributed by atoms with E-state index in [1.165, 1.54) is 0 Å². The minimum absolute atomic E-state index is 0.233. The van der Waals surface area contributed by atoms with Gasteiger partial charge < -0.3 is 0 Å². The normalized spacial score (nSPS) is 13.8. The quantitative estimate of drug-likeness (QED) is 0.335. The largest absolute Gasteiger partial charge is 0.354 e. The number of hydrogen-bond donors (Lipinski definition) is 0. The zero-order valence-electron chi connectivity index (χ0n) is 7.33. The van der Waals surface area contributed by atoms with Crippen molar-refractivity contribution in [2.24, 2.45) is 4.99 Å². The molecule has 0 aromatic heterocycles. The minimum Gasteiger partial charge on any atom is -0.117 e. The Morgan fingerprint density at radius 1 is 1.20 bits per heavy atom. The molecule has 0 unspecified atom stereocenters. The standard InChI is InChI=1S/C8H15ClN/c1-6-10-8(4,5)7(2,3)9/h1-5H3/q+1. The fourth-order valence-corrected chi connectivity index (χ4v) is 0.455. The van der Waals surface area contributed by atoms with Crippen molar-refractivity contribution in [1.29, 1.82) is 0 Å². The second-order valence-corrected chi connectivity index (χ2v) is 4.31. The third-order valence-electron chi connectivity index (χ3n) is 1.85. The van der Waals surface area contributed by atoms with Crippen LogP contribution in [-0.2, 0) is 0 Å². The molecule has 0 radical (unpaired) electrons. The van der Waals surface area contributed by atoms with E-state index < -0.39 is 0 Å². The SMILES string of the molecule is C[C+]=NC(C)(C)C(C)(C)Cl. The molecule has 0 aliphatic rings. The number of alkyl halides is 1. The maximum absolute atomic E-state index is 6.07. The van der Waals surface area contributed by atoms with Gasteiger partial charge in [0.2, 0.25) is 0 Å². The molecular formula is C8H15ClN+. The van der Waals surface area contributed by atoms with Crippen molar-refractivity contribution in [3.05, 3.63) is 0 Å². The Morgan fingerprint density at radius 3 is 1.70 bits per heavy atom. The molecule has 58 valence electrons. The highest BCUT2D eigenvalue weighted by atomic mass is 35.5. The van der Waals surface area contributed by atoms with Crippen molar-refractivity contribution in [3.63, 3.8) is 0 Å². The zero-order valence-corrected chi connectivity index (χ0v) is 8.08. The average molecular weight is 161 g/mol. The maximum atomic E-state index is 6.07.